The third-order valence-electron chi connectivity index (χ3n) is 6.62. The average Bonchev–Trinajstić information content (AvgIpc) is 2.93. The summed E-state index contributed by atoms with van der Waals surface area (Å²) in [5.74, 6) is -0.529. The van der Waals surface area contributed by atoms with Crippen molar-refractivity contribution in [3.05, 3.63) is 94.0 Å². The van der Waals surface area contributed by atoms with E-state index >= 15 is 0 Å². The van der Waals surface area contributed by atoms with Crippen LogP contribution in [0.4, 0.5) is 5.69 Å². The lowest BCUT2D eigenvalue weighted by Crippen LogP contribution is -2.51. The van der Waals surface area contributed by atoms with Crippen LogP contribution in [0.15, 0.2) is 82.2 Å². The van der Waals surface area contributed by atoms with E-state index in [4.69, 9.17) is 0 Å². The van der Waals surface area contributed by atoms with E-state index in [1.165, 1.54) is 9.21 Å². The Morgan fingerprint density at radius 3 is 2.25 bits per heavy atom. The number of carbonyl (C=O) groups is 2. The third-order valence-corrected chi connectivity index (χ3v) is 8.89. The van der Waals surface area contributed by atoms with Gasteiger partial charge in [-0.2, -0.15) is 0 Å². The number of anilines is 1. The molecular weight excluding hydrogens is 590 g/mol. The van der Waals surface area contributed by atoms with Gasteiger partial charge in [0, 0.05) is 17.6 Å². The standard InChI is InChI=1S/C31H38BrN3O4S/c1-6-26-11-7-8-13-29(26)35(40(38,39)28-16-14-23(4)15-17-28)21-30(36)34(20-25-10-9-12-27(32)18-25)24(5)31(37)33-19-22(2)3/h7-18,22,24H,6,19-21H2,1-5H3,(H,33,37)/t24-/m1/s1. The van der Waals surface area contributed by atoms with Crippen LogP contribution in [0.3, 0.4) is 0 Å². The number of carbonyl (C=O) groups excluding carboxylic acids is 2. The van der Waals surface area contributed by atoms with Crippen LogP contribution in [0, 0.1) is 12.8 Å². The summed E-state index contributed by atoms with van der Waals surface area (Å²) in [5, 5.41) is 2.91. The quantitative estimate of drug-likeness (QED) is 0.279. The van der Waals surface area contributed by atoms with Gasteiger partial charge in [-0.3, -0.25) is 13.9 Å². The van der Waals surface area contributed by atoms with Gasteiger partial charge >= 0.3 is 0 Å². The van der Waals surface area contributed by atoms with Crippen molar-refractivity contribution in [1.29, 1.82) is 0 Å². The van der Waals surface area contributed by atoms with Crippen molar-refractivity contribution in [1.82, 2.24) is 10.2 Å². The zero-order valence-corrected chi connectivity index (χ0v) is 26.1. The van der Waals surface area contributed by atoms with Gasteiger partial charge in [-0.25, -0.2) is 8.42 Å². The first-order chi connectivity index (χ1) is 18.9. The second kappa shape index (κ2) is 13.9. The number of rotatable bonds is 12. The molecule has 214 valence electrons. The second-order valence-electron chi connectivity index (χ2n) is 10.3. The number of amides is 2. The van der Waals surface area contributed by atoms with Crippen molar-refractivity contribution in [2.24, 2.45) is 5.92 Å². The highest BCUT2D eigenvalue weighted by molar-refractivity contribution is 9.10. The van der Waals surface area contributed by atoms with E-state index in [-0.39, 0.29) is 23.3 Å². The molecule has 0 saturated carbocycles. The van der Waals surface area contributed by atoms with E-state index in [2.05, 4.69) is 21.2 Å². The minimum atomic E-state index is -4.10. The first-order valence-corrected chi connectivity index (χ1v) is 15.7. The molecule has 0 aromatic heterocycles. The van der Waals surface area contributed by atoms with E-state index in [1.807, 2.05) is 64.1 Å². The lowest BCUT2D eigenvalue weighted by Gasteiger charge is -2.32. The van der Waals surface area contributed by atoms with Crippen LogP contribution in [-0.2, 0) is 32.6 Å². The van der Waals surface area contributed by atoms with Gasteiger partial charge in [0.15, 0.2) is 0 Å². The smallest absolute Gasteiger partial charge is 0.264 e. The Hall–Kier alpha value is -3.17. The van der Waals surface area contributed by atoms with Crippen molar-refractivity contribution >= 4 is 43.5 Å². The SMILES string of the molecule is CCc1ccccc1N(CC(=O)N(Cc1cccc(Br)c1)[C@H](C)C(=O)NCC(C)C)S(=O)(=O)c1ccc(C)cc1. The molecule has 0 aliphatic heterocycles. The van der Waals surface area contributed by atoms with Crippen LogP contribution >= 0.6 is 15.9 Å². The molecule has 0 unspecified atom stereocenters. The zero-order valence-electron chi connectivity index (χ0n) is 23.7. The van der Waals surface area contributed by atoms with E-state index in [9.17, 15) is 18.0 Å². The number of hydrogen-bond donors (Lipinski definition) is 1. The molecule has 3 aromatic carbocycles. The molecule has 9 heteroatoms. The van der Waals surface area contributed by atoms with E-state index < -0.39 is 28.5 Å². The third kappa shape index (κ3) is 7.95. The van der Waals surface area contributed by atoms with Gasteiger partial charge in [0.2, 0.25) is 11.8 Å². The first kappa shape index (κ1) is 31.4. The van der Waals surface area contributed by atoms with Crippen LogP contribution in [0.25, 0.3) is 0 Å². The Balaban J connectivity index is 2.05. The highest BCUT2D eigenvalue weighted by Gasteiger charge is 2.33. The van der Waals surface area contributed by atoms with E-state index in [1.54, 1.807) is 43.3 Å². The molecule has 0 spiro atoms. The molecule has 7 nitrogen and oxygen atoms in total. The Labute approximate surface area is 246 Å². The van der Waals surface area contributed by atoms with Crippen molar-refractivity contribution in [3.8, 4) is 0 Å². The minimum Gasteiger partial charge on any atom is -0.354 e. The van der Waals surface area contributed by atoms with Gasteiger partial charge < -0.3 is 10.2 Å². The van der Waals surface area contributed by atoms with Gasteiger partial charge in [-0.05, 0) is 67.6 Å². The minimum absolute atomic E-state index is 0.0954. The number of sulfonamides is 1. The molecule has 0 fully saturated rings. The normalized spacial score (nSPS) is 12.2. The lowest BCUT2D eigenvalue weighted by atomic mass is 10.1. The van der Waals surface area contributed by atoms with Crippen LogP contribution in [-0.4, -0.2) is 44.3 Å². The van der Waals surface area contributed by atoms with Crippen molar-refractivity contribution in [2.75, 3.05) is 17.4 Å². The van der Waals surface area contributed by atoms with Crippen LogP contribution in [0.5, 0.6) is 0 Å². The van der Waals surface area contributed by atoms with Gasteiger partial charge in [0.25, 0.3) is 10.0 Å². The Bertz CT molecular complexity index is 1420. The van der Waals surface area contributed by atoms with Crippen LogP contribution in [0.1, 0.15) is 44.4 Å². The molecule has 0 aliphatic carbocycles. The number of aryl methyl sites for hydroxylation is 2. The molecule has 0 heterocycles. The summed E-state index contributed by atoms with van der Waals surface area (Å²) in [6.07, 6.45) is 0.583. The molecular formula is C31H38BrN3O4S. The summed E-state index contributed by atoms with van der Waals surface area (Å²) in [6.45, 7) is 9.64. The van der Waals surface area contributed by atoms with Crippen LogP contribution in [0.2, 0.25) is 0 Å². The summed E-state index contributed by atoms with van der Waals surface area (Å²) >= 11 is 3.47. The lowest BCUT2D eigenvalue weighted by molar-refractivity contribution is -0.139. The monoisotopic (exact) mass is 627 g/mol. The second-order valence-corrected chi connectivity index (χ2v) is 13.1. The molecule has 2 amide bonds. The zero-order chi connectivity index (χ0) is 29.4. The number of nitrogens with one attached hydrogen (secondary N) is 1. The molecule has 0 saturated heterocycles. The summed E-state index contributed by atoms with van der Waals surface area (Å²) < 4.78 is 30.1. The largest absolute Gasteiger partial charge is 0.354 e. The predicted molar refractivity (Wildman–Crippen MR) is 164 cm³/mol. The molecule has 0 aliphatic rings. The van der Waals surface area contributed by atoms with E-state index in [0.717, 1.165) is 21.2 Å². The van der Waals surface area contributed by atoms with Gasteiger partial charge in [-0.1, -0.05) is 84.7 Å². The van der Waals surface area contributed by atoms with Crippen molar-refractivity contribution in [2.45, 2.75) is 58.5 Å². The Kier molecular flexibility index (Phi) is 10.9. The molecule has 1 N–H and O–H groups in total. The number of halogens is 1. The van der Waals surface area contributed by atoms with Gasteiger partial charge in [0.1, 0.15) is 12.6 Å². The number of hydrogen-bond acceptors (Lipinski definition) is 4. The fraction of sp³-hybridized carbons (Fsp3) is 0.355. The topological polar surface area (TPSA) is 86.8 Å². The predicted octanol–water partition coefficient (Wildman–Crippen LogP) is 5.70. The molecule has 3 rings (SSSR count). The summed E-state index contributed by atoms with van der Waals surface area (Å²) in [6, 6.07) is 20.4. The van der Waals surface area contributed by atoms with Crippen molar-refractivity contribution < 1.29 is 18.0 Å². The van der Waals surface area contributed by atoms with Crippen LogP contribution < -0.4 is 9.62 Å². The fourth-order valence-corrected chi connectivity index (χ4v) is 6.17. The van der Waals surface area contributed by atoms with Gasteiger partial charge in [-0.15, -0.1) is 0 Å². The maximum Gasteiger partial charge on any atom is 0.264 e. The van der Waals surface area contributed by atoms with E-state index in [0.29, 0.717) is 18.7 Å². The Morgan fingerprint density at radius 1 is 0.950 bits per heavy atom. The number of benzene rings is 3. The van der Waals surface area contributed by atoms with Gasteiger partial charge in [0.05, 0.1) is 10.6 Å². The highest BCUT2D eigenvalue weighted by atomic mass is 79.9. The summed E-state index contributed by atoms with van der Waals surface area (Å²) in [7, 11) is -4.10. The first-order valence-electron chi connectivity index (χ1n) is 13.4. The number of para-hydroxylation sites is 1. The van der Waals surface area contributed by atoms with Crippen molar-refractivity contribution in [3.63, 3.8) is 0 Å². The summed E-state index contributed by atoms with van der Waals surface area (Å²) in [5.41, 5.74) is 2.98. The highest BCUT2D eigenvalue weighted by Crippen LogP contribution is 2.28. The molecule has 0 bridgehead atoms. The maximum absolute atomic E-state index is 14.1. The Morgan fingerprint density at radius 2 is 1.62 bits per heavy atom. The number of nitrogens with zero attached hydrogens (tertiary/aromatic N) is 2. The molecule has 1 atom stereocenters. The average molecular weight is 629 g/mol. The molecule has 0 radical (unpaired) electrons. The fourth-order valence-electron chi connectivity index (χ4n) is 4.27. The maximum atomic E-state index is 14.1. The molecule has 3 aromatic rings. The summed E-state index contributed by atoms with van der Waals surface area (Å²) in [4.78, 5) is 28.7. The molecule has 40 heavy (non-hydrogen) atoms.